The van der Waals surface area contributed by atoms with E-state index in [2.05, 4.69) is 20.7 Å². The number of nitrogens with two attached hydrogens (primary N) is 1. The van der Waals surface area contributed by atoms with Crippen LogP contribution < -0.4 is 25.7 Å². The first kappa shape index (κ1) is 24.7. The minimum atomic E-state index is -4.06. The highest BCUT2D eigenvalue weighted by atomic mass is 35.5. The van der Waals surface area contributed by atoms with Crippen LogP contribution in [0.3, 0.4) is 0 Å². The summed E-state index contributed by atoms with van der Waals surface area (Å²) in [4.78, 5) is 19.2. The summed E-state index contributed by atoms with van der Waals surface area (Å²) in [6, 6.07) is 17.5. The van der Waals surface area contributed by atoms with Crippen LogP contribution in [-0.2, 0) is 10.1 Å². The van der Waals surface area contributed by atoms with Crippen molar-refractivity contribution in [3.63, 3.8) is 0 Å². The van der Waals surface area contributed by atoms with Crippen molar-refractivity contribution in [2.45, 2.75) is 36.6 Å². The number of anilines is 3. The zero-order valence-corrected chi connectivity index (χ0v) is 21.2. The van der Waals surface area contributed by atoms with Crippen LogP contribution in [0.25, 0.3) is 11.0 Å². The molecular weight excluding hydrogens is 516 g/mol. The van der Waals surface area contributed by atoms with Crippen molar-refractivity contribution in [1.82, 2.24) is 15.4 Å². The number of carbonyl (C=O) groups excluding carboxylic acids is 1. The molecule has 1 aliphatic rings. The Labute approximate surface area is 218 Å². The summed E-state index contributed by atoms with van der Waals surface area (Å²) in [7, 11) is -4.06. The van der Waals surface area contributed by atoms with E-state index in [1.165, 1.54) is 42.1 Å². The molecule has 1 fully saturated rings. The molecule has 10 nitrogen and oxygen atoms in total. The predicted octanol–water partition coefficient (Wildman–Crippen LogP) is 5.06. The number of benzene rings is 3. The Balaban J connectivity index is 1.36. The summed E-state index contributed by atoms with van der Waals surface area (Å²) in [5, 5.41) is 5.32. The van der Waals surface area contributed by atoms with Gasteiger partial charge in [0.25, 0.3) is 0 Å². The number of urea groups is 1. The van der Waals surface area contributed by atoms with Gasteiger partial charge in [0.15, 0.2) is 0 Å². The fourth-order valence-corrected chi connectivity index (χ4v) is 5.32. The van der Waals surface area contributed by atoms with E-state index in [1.807, 2.05) is 0 Å². The lowest BCUT2D eigenvalue weighted by Crippen LogP contribution is -2.42. The molecule has 37 heavy (non-hydrogen) atoms. The quantitative estimate of drug-likeness (QED) is 0.181. The van der Waals surface area contributed by atoms with Crippen molar-refractivity contribution in [2.75, 3.05) is 10.3 Å². The minimum absolute atomic E-state index is 0.0480. The van der Waals surface area contributed by atoms with Crippen molar-refractivity contribution in [2.24, 2.45) is 5.73 Å². The summed E-state index contributed by atoms with van der Waals surface area (Å²) in [5.74, 6) is 0.348. The number of aromatic nitrogens is 2. The van der Waals surface area contributed by atoms with Crippen molar-refractivity contribution in [3.05, 3.63) is 71.8 Å². The number of imidazole rings is 1. The normalized spacial score (nSPS) is 14.0. The summed E-state index contributed by atoms with van der Waals surface area (Å²) >= 11 is 5.97. The molecule has 1 saturated carbocycles. The molecule has 5 rings (SSSR count). The third-order valence-corrected chi connectivity index (χ3v) is 7.55. The number of amides is 2. The first-order valence-electron chi connectivity index (χ1n) is 11.7. The third-order valence-electron chi connectivity index (χ3n) is 6.04. The Kier molecular flexibility index (Phi) is 6.81. The lowest BCUT2D eigenvalue weighted by atomic mass is 10.2. The highest BCUT2D eigenvalue weighted by Crippen LogP contribution is 2.29. The molecule has 0 bridgehead atoms. The molecule has 3 aromatic carbocycles. The Morgan fingerprint density at radius 1 is 1.05 bits per heavy atom. The number of hydrazine groups is 1. The maximum Gasteiger partial charge on any atom is 0.339 e. The highest BCUT2D eigenvalue weighted by Gasteiger charge is 2.20. The predicted molar refractivity (Wildman–Crippen MR) is 143 cm³/mol. The zero-order chi connectivity index (χ0) is 26.0. The smallest absolute Gasteiger partial charge is 0.339 e. The highest BCUT2D eigenvalue weighted by molar-refractivity contribution is 7.87. The molecule has 1 aromatic heterocycles. The van der Waals surface area contributed by atoms with Gasteiger partial charge in [-0.05, 0) is 73.5 Å². The molecule has 4 aromatic rings. The fraction of sp³-hybridized carbons (Fsp3) is 0.200. The molecule has 192 valence electrons. The van der Waals surface area contributed by atoms with E-state index in [0.29, 0.717) is 27.8 Å². The lowest BCUT2D eigenvalue weighted by molar-refractivity contribution is 0.249. The van der Waals surface area contributed by atoms with Gasteiger partial charge in [-0.1, -0.05) is 24.4 Å². The van der Waals surface area contributed by atoms with E-state index in [0.717, 1.165) is 18.5 Å². The fourth-order valence-electron chi connectivity index (χ4n) is 4.27. The third kappa shape index (κ3) is 5.73. The number of hydrogen-bond acceptors (Lipinski definition) is 7. The first-order valence-corrected chi connectivity index (χ1v) is 13.5. The number of aromatic amines is 1. The molecule has 5 N–H and O–H groups in total. The SMILES string of the molecule is NC(=O)NN(c1ccc(Cl)cc1)c1nc2cc(OS(=O)(=O)c3ccc(NC4CCCC4)cc3)ccc2[nH]1. The summed E-state index contributed by atoms with van der Waals surface area (Å²) in [6.45, 7) is 0. The molecule has 2 amide bonds. The van der Waals surface area contributed by atoms with Crippen LogP contribution in [0.2, 0.25) is 5.02 Å². The molecular formula is C25H25ClN6O4S. The molecule has 12 heteroatoms. The molecule has 0 aliphatic heterocycles. The standard InChI is InChI=1S/C25H25ClN6O4S/c26-16-5-9-19(10-6-16)32(31-24(27)33)25-29-22-14-11-20(15-23(22)30-25)36-37(34,35)21-12-7-18(8-13-21)28-17-3-1-2-4-17/h5-15,17,28H,1-4H2,(H,29,30)(H3,27,31,33). The number of primary amides is 1. The maximum atomic E-state index is 12.9. The van der Waals surface area contributed by atoms with Gasteiger partial charge < -0.3 is 20.2 Å². The Morgan fingerprint density at radius 3 is 2.43 bits per heavy atom. The Hall–Kier alpha value is -3.96. The lowest BCUT2D eigenvalue weighted by Gasteiger charge is -2.21. The van der Waals surface area contributed by atoms with E-state index < -0.39 is 16.1 Å². The van der Waals surface area contributed by atoms with Crippen LogP contribution in [0.5, 0.6) is 5.75 Å². The molecule has 0 spiro atoms. The van der Waals surface area contributed by atoms with Crippen LogP contribution in [0.4, 0.5) is 22.1 Å². The largest absolute Gasteiger partial charge is 0.382 e. The number of halogens is 1. The second kappa shape index (κ2) is 10.2. The van der Waals surface area contributed by atoms with Crippen molar-refractivity contribution < 1.29 is 17.4 Å². The second-order valence-corrected chi connectivity index (χ2v) is 10.7. The second-order valence-electron chi connectivity index (χ2n) is 8.71. The van der Waals surface area contributed by atoms with Crippen LogP contribution >= 0.6 is 11.6 Å². The van der Waals surface area contributed by atoms with Crippen LogP contribution in [0.15, 0.2) is 71.6 Å². The van der Waals surface area contributed by atoms with Gasteiger partial charge in [-0.15, -0.1) is 0 Å². The van der Waals surface area contributed by atoms with E-state index in [9.17, 15) is 13.2 Å². The average Bonchev–Trinajstić information content (AvgIpc) is 3.53. The topological polar surface area (TPSA) is 142 Å². The Morgan fingerprint density at radius 2 is 1.76 bits per heavy atom. The van der Waals surface area contributed by atoms with Gasteiger partial charge >= 0.3 is 16.1 Å². The van der Waals surface area contributed by atoms with Gasteiger partial charge in [-0.25, -0.2) is 20.2 Å². The molecule has 1 heterocycles. The molecule has 0 radical (unpaired) electrons. The first-order chi connectivity index (χ1) is 17.8. The number of fused-ring (bicyclic) bond motifs is 1. The number of H-pyrrole nitrogens is 1. The molecule has 0 saturated heterocycles. The number of carbonyl (C=O) groups is 1. The maximum absolute atomic E-state index is 12.9. The molecule has 1 aliphatic carbocycles. The van der Waals surface area contributed by atoms with E-state index >= 15 is 0 Å². The Bertz CT molecular complexity index is 1520. The van der Waals surface area contributed by atoms with Crippen LogP contribution in [0.1, 0.15) is 25.7 Å². The van der Waals surface area contributed by atoms with Crippen LogP contribution in [-0.4, -0.2) is 30.5 Å². The van der Waals surface area contributed by atoms with Gasteiger partial charge in [-0.3, -0.25) is 0 Å². The average molecular weight is 541 g/mol. The summed E-state index contributed by atoms with van der Waals surface area (Å²) < 4.78 is 31.2. The van der Waals surface area contributed by atoms with E-state index in [1.54, 1.807) is 42.5 Å². The van der Waals surface area contributed by atoms with Gasteiger partial charge in [0, 0.05) is 22.8 Å². The number of hydrogen-bond donors (Lipinski definition) is 4. The van der Waals surface area contributed by atoms with E-state index in [-0.39, 0.29) is 16.6 Å². The molecule has 0 atom stereocenters. The van der Waals surface area contributed by atoms with Crippen molar-refractivity contribution in [3.8, 4) is 5.75 Å². The van der Waals surface area contributed by atoms with Crippen molar-refractivity contribution in [1.29, 1.82) is 0 Å². The van der Waals surface area contributed by atoms with Crippen LogP contribution in [0, 0.1) is 0 Å². The van der Waals surface area contributed by atoms with Crippen molar-refractivity contribution >= 4 is 56.1 Å². The van der Waals surface area contributed by atoms with Gasteiger partial charge in [0.1, 0.15) is 10.6 Å². The minimum Gasteiger partial charge on any atom is -0.382 e. The van der Waals surface area contributed by atoms with Gasteiger partial charge in [0.05, 0.1) is 16.7 Å². The number of rotatable bonds is 8. The number of nitrogens with zero attached hydrogens (tertiary/aromatic N) is 2. The van der Waals surface area contributed by atoms with Gasteiger partial charge in [0.2, 0.25) is 5.95 Å². The monoisotopic (exact) mass is 540 g/mol. The zero-order valence-electron chi connectivity index (χ0n) is 19.6. The van der Waals surface area contributed by atoms with E-state index in [4.69, 9.17) is 21.5 Å². The summed E-state index contributed by atoms with van der Waals surface area (Å²) in [6.07, 6.45) is 4.66. The van der Waals surface area contributed by atoms with Gasteiger partial charge in [-0.2, -0.15) is 8.42 Å². The number of nitrogens with one attached hydrogen (secondary N) is 3. The molecule has 0 unspecified atom stereocenters. The summed E-state index contributed by atoms with van der Waals surface area (Å²) in [5.41, 5.74) is 10.3.